The molecule has 2 heterocycles. The Labute approximate surface area is 81.9 Å². The standard InChI is InChI=1S/C10H12N2O2/c1-7-3-4-13-9(7)6-11-10-5-8(2)14-12-10/h3-5H,6H2,1-2H3,(H,11,12). The van der Waals surface area contributed by atoms with Crippen LogP contribution in [-0.4, -0.2) is 5.16 Å². The van der Waals surface area contributed by atoms with E-state index in [-0.39, 0.29) is 0 Å². The van der Waals surface area contributed by atoms with E-state index in [2.05, 4.69) is 10.5 Å². The number of rotatable bonds is 3. The molecule has 2 aromatic rings. The minimum atomic E-state index is 0.630. The molecule has 0 spiro atoms. The van der Waals surface area contributed by atoms with Crippen LogP contribution in [0.4, 0.5) is 5.82 Å². The van der Waals surface area contributed by atoms with Crippen LogP contribution in [0.5, 0.6) is 0 Å². The molecule has 2 aromatic heterocycles. The third-order valence-electron chi connectivity index (χ3n) is 2.03. The SMILES string of the molecule is Cc1cc(NCc2occc2C)no1. The lowest BCUT2D eigenvalue weighted by Gasteiger charge is -1.99. The highest BCUT2D eigenvalue weighted by atomic mass is 16.5. The fourth-order valence-corrected chi connectivity index (χ4v) is 1.21. The number of aromatic nitrogens is 1. The second-order valence-electron chi connectivity index (χ2n) is 3.20. The molecule has 0 fully saturated rings. The van der Waals surface area contributed by atoms with Crippen molar-refractivity contribution < 1.29 is 8.94 Å². The van der Waals surface area contributed by atoms with Crippen molar-refractivity contribution in [2.75, 3.05) is 5.32 Å². The summed E-state index contributed by atoms with van der Waals surface area (Å²) in [5.74, 6) is 2.45. The highest BCUT2D eigenvalue weighted by Gasteiger charge is 2.03. The van der Waals surface area contributed by atoms with E-state index in [0.29, 0.717) is 6.54 Å². The van der Waals surface area contributed by atoms with Crippen LogP contribution in [-0.2, 0) is 6.54 Å². The van der Waals surface area contributed by atoms with Crippen molar-refractivity contribution in [3.8, 4) is 0 Å². The molecule has 4 nitrogen and oxygen atoms in total. The lowest BCUT2D eigenvalue weighted by molar-refractivity contribution is 0.399. The van der Waals surface area contributed by atoms with Gasteiger partial charge in [0.25, 0.3) is 0 Å². The van der Waals surface area contributed by atoms with Crippen LogP contribution in [0.1, 0.15) is 17.1 Å². The fourth-order valence-electron chi connectivity index (χ4n) is 1.21. The Bertz CT molecular complexity index is 417. The molecule has 1 N–H and O–H groups in total. The maximum absolute atomic E-state index is 5.27. The number of hydrogen-bond acceptors (Lipinski definition) is 4. The van der Waals surface area contributed by atoms with Crippen LogP contribution in [0.15, 0.2) is 27.3 Å². The van der Waals surface area contributed by atoms with Crippen LogP contribution in [0.25, 0.3) is 0 Å². The normalized spacial score (nSPS) is 10.4. The molecule has 74 valence electrons. The van der Waals surface area contributed by atoms with E-state index < -0.39 is 0 Å². The molecule has 0 amide bonds. The Hall–Kier alpha value is -1.71. The first kappa shape index (κ1) is 8.87. The van der Waals surface area contributed by atoms with E-state index in [1.54, 1.807) is 6.26 Å². The van der Waals surface area contributed by atoms with Crippen molar-refractivity contribution in [2.24, 2.45) is 0 Å². The van der Waals surface area contributed by atoms with E-state index >= 15 is 0 Å². The lowest BCUT2D eigenvalue weighted by atomic mass is 10.3. The number of aryl methyl sites for hydroxylation is 2. The van der Waals surface area contributed by atoms with E-state index in [0.717, 1.165) is 22.9 Å². The molecule has 0 radical (unpaired) electrons. The lowest BCUT2D eigenvalue weighted by Crippen LogP contribution is -1.99. The first-order valence-corrected chi connectivity index (χ1v) is 4.46. The van der Waals surface area contributed by atoms with Crippen molar-refractivity contribution in [1.29, 1.82) is 0 Å². The molecule has 4 heteroatoms. The summed E-state index contributed by atoms with van der Waals surface area (Å²) in [6.45, 7) is 4.50. The van der Waals surface area contributed by atoms with Gasteiger partial charge in [0.1, 0.15) is 11.5 Å². The zero-order valence-electron chi connectivity index (χ0n) is 8.20. The third kappa shape index (κ3) is 1.79. The summed E-state index contributed by atoms with van der Waals surface area (Å²) in [6, 6.07) is 3.78. The van der Waals surface area contributed by atoms with Crippen molar-refractivity contribution in [1.82, 2.24) is 5.16 Å². The second kappa shape index (κ2) is 3.57. The van der Waals surface area contributed by atoms with Crippen molar-refractivity contribution in [2.45, 2.75) is 20.4 Å². The highest BCUT2D eigenvalue weighted by Crippen LogP contribution is 2.12. The molecular formula is C10H12N2O2. The van der Waals surface area contributed by atoms with Gasteiger partial charge >= 0.3 is 0 Å². The molecule has 0 aromatic carbocycles. The molecule has 2 rings (SSSR count). The van der Waals surface area contributed by atoms with Gasteiger partial charge in [-0.3, -0.25) is 0 Å². The predicted molar refractivity (Wildman–Crippen MR) is 52.0 cm³/mol. The first-order valence-electron chi connectivity index (χ1n) is 4.46. The van der Waals surface area contributed by atoms with E-state index in [9.17, 15) is 0 Å². The van der Waals surface area contributed by atoms with Gasteiger partial charge in [-0.1, -0.05) is 5.16 Å². The van der Waals surface area contributed by atoms with Gasteiger partial charge in [0, 0.05) is 6.07 Å². The Morgan fingerprint density at radius 1 is 1.43 bits per heavy atom. The molecule has 0 saturated carbocycles. The largest absolute Gasteiger partial charge is 0.467 e. The van der Waals surface area contributed by atoms with Gasteiger partial charge in [-0.15, -0.1) is 0 Å². The minimum absolute atomic E-state index is 0.630. The minimum Gasteiger partial charge on any atom is -0.467 e. The number of anilines is 1. The molecular weight excluding hydrogens is 180 g/mol. The maximum Gasteiger partial charge on any atom is 0.169 e. The first-order chi connectivity index (χ1) is 6.75. The van der Waals surface area contributed by atoms with Gasteiger partial charge in [0.2, 0.25) is 0 Å². The van der Waals surface area contributed by atoms with Crippen molar-refractivity contribution in [3.05, 3.63) is 35.5 Å². The van der Waals surface area contributed by atoms with Crippen molar-refractivity contribution in [3.63, 3.8) is 0 Å². The van der Waals surface area contributed by atoms with E-state index in [4.69, 9.17) is 8.94 Å². The number of hydrogen-bond donors (Lipinski definition) is 1. The molecule has 0 saturated heterocycles. The van der Waals surface area contributed by atoms with Crippen LogP contribution >= 0.6 is 0 Å². The zero-order valence-corrected chi connectivity index (χ0v) is 8.20. The summed E-state index contributed by atoms with van der Waals surface area (Å²) in [6.07, 6.45) is 1.68. The molecule has 0 aliphatic rings. The van der Waals surface area contributed by atoms with Gasteiger partial charge in [0.15, 0.2) is 5.82 Å². The van der Waals surface area contributed by atoms with Crippen molar-refractivity contribution >= 4 is 5.82 Å². The van der Waals surface area contributed by atoms with Gasteiger partial charge in [-0.05, 0) is 25.5 Å². The number of furan rings is 1. The van der Waals surface area contributed by atoms with Gasteiger partial charge in [0.05, 0.1) is 12.8 Å². The van der Waals surface area contributed by atoms with Crippen LogP contribution in [0, 0.1) is 13.8 Å². The molecule has 0 bridgehead atoms. The Morgan fingerprint density at radius 3 is 2.86 bits per heavy atom. The maximum atomic E-state index is 5.27. The molecule has 0 aliphatic heterocycles. The summed E-state index contributed by atoms with van der Waals surface area (Å²) in [5, 5.41) is 6.93. The number of nitrogens with zero attached hydrogens (tertiary/aromatic N) is 1. The van der Waals surface area contributed by atoms with Gasteiger partial charge in [-0.2, -0.15) is 0 Å². The summed E-state index contributed by atoms with van der Waals surface area (Å²) in [5.41, 5.74) is 1.14. The van der Waals surface area contributed by atoms with Crippen LogP contribution in [0.2, 0.25) is 0 Å². The zero-order chi connectivity index (χ0) is 9.97. The topological polar surface area (TPSA) is 51.2 Å². The molecule has 0 atom stereocenters. The molecule has 0 unspecified atom stereocenters. The Balaban J connectivity index is 1.98. The van der Waals surface area contributed by atoms with E-state index in [1.165, 1.54) is 0 Å². The quantitative estimate of drug-likeness (QED) is 0.811. The Kier molecular flexibility index (Phi) is 2.26. The van der Waals surface area contributed by atoms with Gasteiger partial charge in [-0.25, -0.2) is 0 Å². The smallest absolute Gasteiger partial charge is 0.169 e. The number of nitrogens with one attached hydrogen (secondary N) is 1. The molecule has 0 aliphatic carbocycles. The monoisotopic (exact) mass is 192 g/mol. The predicted octanol–water partition coefficient (Wildman–Crippen LogP) is 2.50. The molecule has 14 heavy (non-hydrogen) atoms. The average Bonchev–Trinajstić information content (AvgIpc) is 2.72. The third-order valence-corrected chi connectivity index (χ3v) is 2.03. The van der Waals surface area contributed by atoms with Gasteiger partial charge < -0.3 is 14.3 Å². The highest BCUT2D eigenvalue weighted by molar-refractivity contribution is 5.34. The van der Waals surface area contributed by atoms with E-state index in [1.807, 2.05) is 26.0 Å². The summed E-state index contributed by atoms with van der Waals surface area (Å²) in [4.78, 5) is 0. The summed E-state index contributed by atoms with van der Waals surface area (Å²) >= 11 is 0. The summed E-state index contributed by atoms with van der Waals surface area (Å²) < 4.78 is 10.2. The summed E-state index contributed by atoms with van der Waals surface area (Å²) in [7, 11) is 0. The average molecular weight is 192 g/mol. The Morgan fingerprint density at radius 2 is 2.29 bits per heavy atom. The fraction of sp³-hybridized carbons (Fsp3) is 0.300. The van der Waals surface area contributed by atoms with Crippen LogP contribution < -0.4 is 5.32 Å². The second-order valence-corrected chi connectivity index (χ2v) is 3.20. The van der Waals surface area contributed by atoms with Crippen LogP contribution in [0.3, 0.4) is 0 Å².